The van der Waals surface area contributed by atoms with E-state index in [1.54, 1.807) is 0 Å². The van der Waals surface area contributed by atoms with E-state index in [1.807, 2.05) is 12.3 Å². The zero-order valence-corrected chi connectivity index (χ0v) is 11.5. The van der Waals surface area contributed by atoms with Crippen LogP contribution in [0, 0.1) is 0 Å². The molecule has 0 saturated heterocycles. The maximum atomic E-state index is 4.59. The van der Waals surface area contributed by atoms with E-state index in [9.17, 15) is 0 Å². The number of hydrogen-bond donors (Lipinski definition) is 1. The standard InChI is InChI=1S/C16H23N3/c1-2-9-19(16-7-8-16)12-15-4-3-13(11-18-15)10-17-14-5-6-14/h2-4,11,14,16-17H,1,5-10,12H2. The first-order valence-corrected chi connectivity index (χ1v) is 7.37. The average Bonchev–Trinajstić information content (AvgIpc) is 3.30. The molecule has 0 atom stereocenters. The summed E-state index contributed by atoms with van der Waals surface area (Å²) in [7, 11) is 0. The molecule has 3 rings (SSSR count). The minimum atomic E-state index is 0.760. The summed E-state index contributed by atoms with van der Waals surface area (Å²) < 4.78 is 0. The maximum Gasteiger partial charge on any atom is 0.0544 e. The fourth-order valence-corrected chi connectivity index (χ4v) is 2.36. The molecule has 2 aliphatic carbocycles. The van der Waals surface area contributed by atoms with Crippen LogP contribution in [-0.2, 0) is 13.1 Å². The van der Waals surface area contributed by atoms with Crippen molar-refractivity contribution in [3.05, 3.63) is 42.2 Å². The monoisotopic (exact) mass is 257 g/mol. The largest absolute Gasteiger partial charge is 0.310 e. The fraction of sp³-hybridized carbons (Fsp3) is 0.562. The van der Waals surface area contributed by atoms with Crippen LogP contribution in [0.5, 0.6) is 0 Å². The number of nitrogens with zero attached hydrogens (tertiary/aromatic N) is 2. The van der Waals surface area contributed by atoms with Gasteiger partial charge in [0.05, 0.1) is 5.69 Å². The van der Waals surface area contributed by atoms with Crippen LogP contribution in [0.15, 0.2) is 31.0 Å². The summed E-state index contributed by atoms with van der Waals surface area (Å²) in [4.78, 5) is 7.06. The van der Waals surface area contributed by atoms with E-state index in [4.69, 9.17) is 0 Å². The SMILES string of the molecule is C=CCN(Cc1ccc(CNC2CC2)cn1)C1CC1. The molecule has 1 aromatic rings. The van der Waals surface area contributed by atoms with E-state index in [-0.39, 0.29) is 0 Å². The van der Waals surface area contributed by atoms with Gasteiger partial charge in [0.25, 0.3) is 0 Å². The van der Waals surface area contributed by atoms with Gasteiger partial charge in [-0.1, -0.05) is 12.1 Å². The second-order valence-corrected chi connectivity index (χ2v) is 5.76. The predicted molar refractivity (Wildman–Crippen MR) is 77.7 cm³/mol. The third-order valence-electron chi connectivity index (χ3n) is 3.85. The molecule has 0 aromatic carbocycles. The van der Waals surface area contributed by atoms with E-state index >= 15 is 0 Å². The highest BCUT2D eigenvalue weighted by Gasteiger charge is 2.28. The van der Waals surface area contributed by atoms with Gasteiger partial charge in [0.1, 0.15) is 0 Å². The van der Waals surface area contributed by atoms with Gasteiger partial charge in [0.2, 0.25) is 0 Å². The van der Waals surface area contributed by atoms with Crippen molar-refractivity contribution in [2.75, 3.05) is 6.54 Å². The number of hydrogen-bond acceptors (Lipinski definition) is 3. The Kier molecular flexibility index (Phi) is 3.95. The van der Waals surface area contributed by atoms with Crippen molar-refractivity contribution < 1.29 is 0 Å². The van der Waals surface area contributed by atoms with Gasteiger partial charge in [-0.25, -0.2) is 0 Å². The molecule has 2 fully saturated rings. The zero-order chi connectivity index (χ0) is 13.1. The average molecular weight is 257 g/mol. The topological polar surface area (TPSA) is 28.2 Å². The molecule has 0 bridgehead atoms. The predicted octanol–water partition coefficient (Wildman–Crippen LogP) is 2.48. The summed E-state index contributed by atoms with van der Waals surface area (Å²) in [6, 6.07) is 5.90. The first-order valence-electron chi connectivity index (χ1n) is 7.37. The van der Waals surface area contributed by atoms with Crippen molar-refractivity contribution in [2.45, 2.75) is 50.9 Å². The molecule has 3 nitrogen and oxygen atoms in total. The van der Waals surface area contributed by atoms with Crippen molar-refractivity contribution in [1.82, 2.24) is 15.2 Å². The molecule has 2 aliphatic rings. The number of nitrogens with one attached hydrogen (secondary N) is 1. The number of pyridine rings is 1. The molecule has 2 saturated carbocycles. The lowest BCUT2D eigenvalue weighted by molar-refractivity contribution is 0.280. The summed E-state index contributed by atoms with van der Waals surface area (Å²) >= 11 is 0. The molecule has 0 unspecified atom stereocenters. The van der Waals surface area contributed by atoms with Crippen molar-refractivity contribution in [1.29, 1.82) is 0 Å². The zero-order valence-electron chi connectivity index (χ0n) is 11.5. The molecular formula is C16H23N3. The normalized spacial score (nSPS) is 18.8. The van der Waals surface area contributed by atoms with Gasteiger partial charge < -0.3 is 5.32 Å². The van der Waals surface area contributed by atoms with Crippen molar-refractivity contribution >= 4 is 0 Å². The van der Waals surface area contributed by atoms with Gasteiger partial charge in [0, 0.05) is 37.9 Å². The third kappa shape index (κ3) is 3.88. The van der Waals surface area contributed by atoms with E-state index < -0.39 is 0 Å². The summed E-state index contributed by atoms with van der Waals surface area (Å²) in [6.07, 6.45) is 9.34. The van der Waals surface area contributed by atoms with Gasteiger partial charge in [-0.2, -0.15) is 0 Å². The van der Waals surface area contributed by atoms with E-state index in [1.165, 1.54) is 36.9 Å². The Morgan fingerprint density at radius 3 is 2.74 bits per heavy atom. The molecule has 0 amide bonds. The van der Waals surface area contributed by atoms with Crippen LogP contribution in [0.3, 0.4) is 0 Å². The van der Waals surface area contributed by atoms with Gasteiger partial charge in [-0.3, -0.25) is 9.88 Å². The Labute approximate surface area is 115 Å². The molecule has 0 radical (unpaired) electrons. The third-order valence-corrected chi connectivity index (χ3v) is 3.85. The number of rotatable bonds is 8. The first kappa shape index (κ1) is 12.8. The minimum Gasteiger partial charge on any atom is -0.310 e. The molecule has 1 N–H and O–H groups in total. The van der Waals surface area contributed by atoms with E-state index in [2.05, 4.69) is 33.9 Å². The highest BCUT2D eigenvalue weighted by Crippen LogP contribution is 2.27. The lowest BCUT2D eigenvalue weighted by atomic mass is 10.2. The lowest BCUT2D eigenvalue weighted by Gasteiger charge is -2.19. The summed E-state index contributed by atoms with van der Waals surface area (Å²) in [5.74, 6) is 0. The van der Waals surface area contributed by atoms with Gasteiger partial charge in [-0.05, 0) is 37.3 Å². The fourth-order valence-electron chi connectivity index (χ4n) is 2.36. The van der Waals surface area contributed by atoms with Crippen molar-refractivity contribution in [2.24, 2.45) is 0 Å². The first-order chi connectivity index (χ1) is 9.35. The molecule has 1 heterocycles. The molecule has 102 valence electrons. The second-order valence-electron chi connectivity index (χ2n) is 5.76. The van der Waals surface area contributed by atoms with Gasteiger partial charge >= 0.3 is 0 Å². The van der Waals surface area contributed by atoms with Crippen molar-refractivity contribution in [3.8, 4) is 0 Å². The van der Waals surface area contributed by atoms with Gasteiger partial charge in [0.15, 0.2) is 0 Å². The number of aromatic nitrogens is 1. The Hall–Kier alpha value is -1.19. The van der Waals surface area contributed by atoms with Crippen LogP contribution < -0.4 is 5.32 Å². The minimum absolute atomic E-state index is 0.760. The highest BCUT2D eigenvalue weighted by atomic mass is 15.2. The maximum absolute atomic E-state index is 4.59. The summed E-state index contributed by atoms with van der Waals surface area (Å²) in [6.45, 7) is 6.72. The quantitative estimate of drug-likeness (QED) is 0.725. The Morgan fingerprint density at radius 2 is 2.16 bits per heavy atom. The summed E-state index contributed by atoms with van der Waals surface area (Å²) in [5.41, 5.74) is 2.46. The van der Waals surface area contributed by atoms with Crippen LogP contribution in [-0.4, -0.2) is 28.5 Å². The summed E-state index contributed by atoms with van der Waals surface area (Å²) in [5, 5.41) is 3.52. The second kappa shape index (κ2) is 5.85. The Morgan fingerprint density at radius 1 is 1.32 bits per heavy atom. The molecular weight excluding hydrogens is 234 g/mol. The van der Waals surface area contributed by atoms with Crippen LogP contribution in [0.2, 0.25) is 0 Å². The van der Waals surface area contributed by atoms with Crippen molar-refractivity contribution in [3.63, 3.8) is 0 Å². The Balaban J connectivity index is 1.53. The molecule has 19 heavy (non-hydrogen) atoms. The smallest absolute Gasteiger partial charge is 0.0544 e. The molecule has 0 spiro atoms. The molecule has 3 heteroatoms. The lowest BCUT2D eigenvalue weighted by Crippen LogP contribution is -2.26. The Bertz CT molecular complexity index is 418. The van der Waals surface area contributed by atoms with Crippen LogP contribution in [0.4, 0.5) is 0 Å². The van der Waals surface area contributed by atoms with E-state index in [0.717, 1.165) is 31.7 Å². The highest BCUT2D eigenvalue weighted by molar-refractivity contribution is 5.14. The molecule has 0 aliphatic heterocycles. The molecule has 1 aromatic heterocycles. The van der Waals surface area contributed by atoms with Crippen LogP contribution in [0.1, 0.15) is 36.9 Å². The van der Waals surface area contributed by atoms with Crippen LogP contribution in [0.25, 0.3) is 0 Å². The van der Waals surface area contributed by atoms with E-state index in [0.29, 0.717) is 0 Å². The van der Waals surface area contributed by atoms with Crippen LogP contribution >= 0.6 is 0 Å². The van der Waals surface area contributed by atoms with Gasteiger partial charge in [-0.15, -0.1) is 6.58 Å².